The first-order valence-corrected chi connectivity index (χ1v) is 5.74. The molecule has 84 valence electrons. The topological polar surface area (TPSA) is 52.7 Å². The van der Waals surface area contributed by atoms with Crippen molar-refractivity contribution < 1.29 is 0 Å². The van der Waals surface area contributed by atoms with Gasteiger partial charge in [0.15, 0.2) is 0 Å². The van der Waals surface area contributed by atoms with Crippen molar-refractivity contribution >= 4 is 0 Å². The van der Waals surface area contributed by atoms with E-state index in [-0.39, 0.29) is 0 Å². The molecule has 0 aromatic carbocycles. The van der Waals surface area contributed by atoms with Crippen LogP contribution in [0.15, 0.2) is 0 Å². The van der Waals surface area contributed by atoms with Crippen molar-refractivity contribution in [3.8, 4) is 0 Å². The van der Waals surface area contributed by atoms with Crippen LogP contribution in [-0.2, 0) is 19.4 Å². The lowest BCUT2D eigenvalue weighted by molar-refractivity contribution is 0.517. The minimum absolute atomic E-state index is 0.490. The second-order valence-electron chi connectivity index (χ2n) is 4.32. The van der Waals surface area contributed by atoms with Crippen LogP contribution < -0.4 is 10.6 Å². The van der Waals surface area contributed by atoms with Crippen LogP contribution >= 0.6 is 0 Å². The number of H-pyrrole nitrogens is 1. The Morgan fingerprint density at radius 1 is 1.47 bits per heavy atom. The minimum atomic E-state index is 0.490. The lowest BCUT2D eigenvalue weighted by Crippen LogP contribution is -2.34. The van der Waals surface area contributed by atoms with Gasteiger partial charge >= 0.3 is 0 Å². The third kappa shape index (κ3) is 2.38. The van der Waals surface area contributed by atoms with Crippen molar-refractivity contribution in [2.45, 2.75) is 38.8 Å². The van der Waals surface area contributed by atoms with E-state index in [0.717, 1.165) is 13.1 Å². The molecule has 0 aliphatic heterocycles. The predicted octanol–water partition coefficient (Wildman–Crippen LogP) is 0.596. The molecule has 1 aliphatic carbocycles. The third-order valence-corrected chi connectivity index (χ3v) is 3.02. The van der Waals surface area contributed by atoms with Gasteiger partial charge in [0.25, 0.3) is 0 Å². The normalized spacial score (nSPS) is 16.7. The van der Waals surface area contributed by atoms with Gasteiger partial charge in [0.05, 0.1) is 5.69 Å². The average molecular weight is 208 g/mol. The summed E-state index contributed by atoms with van der Waals surface area (Å²) in [6.07, 6.45) is 3.65. The first-order chi connectivity index (χ1) is 7.31. The van der Waals surface area contributed by atoms with Crippen LogP contribution in [0.1, 0.15) is 30.3 Å². The molecule has 1 unspecified atom stereocenters. The summed E-state index contributed by atoms with van der Waals surface area (Å²) in [5.41, 5.74) is 4.03. The largest absolute Gasteiger partial charge is 0.318 e. The molecule has 15 heavy (non-hydrogen) atoms. The second-order valence-corrected chi connectivity index (χ2v) is 4.32. The molecule has 1 aliphatic rings. The van der Waals surface area contributed by atoms with Crippen LogP contribution in [0.4, 0.5) is 0 Å². The van der Waals surface area contributed by atoms with Gasteiger partial charge in [-0.05, 0) is 38.8 Å². The van der Waals surface area contributed by atoms with Gasteiger partial charge in [0, 0.05) is 24.8 Å². The first-order valence-electron chi connectivity index (χ1n) is 5.74. The van der Waals surface area contributed by atoms with Crippen LogP contribution in [-0.4, -0.2) is 29.8 Å². The molecule has 0 saturated heterocycles. The number of aryl methyl sites for hydroxylation is 1. The van der Waals surface area contributed by atoms with E-state index in [9.17, 15) is 0 Å². The molecular formula is C11H20N4. The standard InChI is InChI=1S/C11H20N4/c1-8(6-12-2)13-7-11-9-4-3-5-10(9)14-15-11/h8,12-13H,3-7H2,1-2H3,(H,14,15). The molecule has 1 heterocycles. The van der Waals surface area contributed by atoms with Gasteiger partial charge in [-0.15, -0.1) is 0 Å². The summed E-state index contributed by atoms with van der Waals surface area (Å²) in [4.78, 5) is 0. The molecule has 1 aromatic heterocycles. The average Bonchev–Trinajstić information content (AvgIpc) is 2.77. The zero-order chi connectivity index (χ0) is 10.7. The number of nitrogens with one attached hydrogen (secondary N) is 3. The maximum Gasteiger partial charge on any atom is 0.0794 e. The molecule has 3 N–H and O–H groups in total. The SMILES string of the molecule is CNCC(C)NCc1n[nH]c2c1CCC2. The van der Waals surface area contributed by atoms with Crippen molar-refractivity contribution in [2.75, 3.05) is 13.6 Å². The monoisotopic (exact) mass is 208 g/mol. The van der Waals surface area contributed by atoms with E-state index >= 15 is 0 Å². The summed E-state index contributed by atoms with van der Waals surface area (Å²) in [6.45, 7) is 4.06. The minimum Gasteiger partial charge on any atom is -0.318 e. The molecule has 4 heteroatoms. The fourth-order valence-electron chi connectivity index (χ4n) is 2.18. The lowest BCUT2D eigenvalue weighted by atomic mass is 10.2. The fraction of sp³-hybridized carbons (Fsp3) is 0.727. The molecule has 2 rings (SSSR count). The summed E-state index contributed by atoms with van der Waals surface area (Å²) in [7, 11) is 1.98. The number of aromatic amines is 1. The highest BCUT2D eigenvalue weighted by molar-refractivity contribution is 5.29. The Hall–Kier alpha value is -0.870. The number of hydrogen-bond donors (Lipinski definition) is 3. The summed E-state index contributed by atoms with van der Waals surface area (Å²) < 4.78 is 0. The second kappa shape index (κ2) is 4.77. The van der Waals surface area contributed by atoms with Gasteiger partial charge in [-0.2, -0.15) is 5.10 Å². The van der Waals surface area contributed by atoms with Crippen molar-refractivity contribution in [3.63, 3.8) is 0 Å². The number of hydrogen-bond acceptors (Lipinski definition) is 3. The number of likely N-dealkylation sites (N-methyl/N-ethyl adjacent to an activating group) is 1. The third-order valence-electron chi connectivity index (χ3n) is 3.02. The fourth-order valence-corrected chi connectivity index (χ4v) is 2.18. The Balaban J connectivity index is 1.88. The Labute approximate surface area is 90.8 Å². The summed E-state index contributed by atoms with van der Waals surface area (Å²) in [5, 5.41) is 14.1. The molecule has 0 fully saturated rings. The number of fused-ring (bicyclic) bond motifs is 1. The maximum absolute atomic E-state index is 4.36. The maximum atomic E-state index is 4.36. The summed E-state index contributed by atoms with van der Waals surface area (Å²) in [6, 6.07) is 0.490. The van der Waals surface area contributed by atoms with E-state index in [1.807, 2.05) is 7.05 Å². The quantitative estimate of drug-likeness (QED) is 0.664. The molecular weight excluding hydrogens is 188 g/mol. The Kier molecular flexibility index (Phi) is 3.38. The van der Waals surface area contributed by atoms with E-state index in [0.29, 0.717) is 6.04 Å². The van der Waals surface area contributed by atoms with Gasteiger partial charge in [-0.3, -0.25) is 5.10 Å². The molecule has 4 nitrogen and oxygen atoms in total. The molecule has 0 amide bonds. The number of rotatable bonds is 5. The summed E-state index contributed by atoms with van der Waals surface area (Å²) in [5.74, 6) is 0. The van der Waals surface area contributed by atoms with E-state index in [1.54, 1.807) is 0 Å². The Bertz CT molecular complexity index is 318. The van der Waals surface area contributed by atoms with Gasteiger partial charge in [0.1, 0.15) is 0 Å². The summed E-state index contributed by atoms with van der Waals surface area (Å²) >= 11 is 0. The molecule has 0 bridgehead atoms. The smallest absolute Gasteiger partial charge is 0.0794 e. The Morgan fingerprint density at radius 3 is 3.13 bits per heavy atom. The van der Waals surface area contributed by atoms with Crippen LogP contribution in [0, 0.1) is 0 Å². The van der Waals surface area contributed by atoms with E-state index in [4.69, 9.17) is 0 Å². The van der Waals surface area contributed by atoms with Gasteiger partial charge in [-0.1, -0.05) is 0 Å². The van der Waals surface area contributed by atoms with Crippen molar-refractivity contribution in [3.05, 3.63) is 17.0 Å². The molecule has 1 aromatic rings. The first kappa shape index (κ1) is 10.6. The number of nitrogens with zero attached hydrogens (tertiary/aromatic N) is 1. The zero-order valence-electron chi connectivity index (χ0n) is 9.56. The van der Waals surface area contributed by atoms with Crippen LogP contribution in [0.3, 0.4) is 0 Å². The number of aromatic nitrogens is 2. The van der Waals surface area contributed by atoms with Crippen molar-refractivity contribution in [2.24, 2.45) is 0 Å². The highest BCUT2D eigenvalue weighted by atomic mass is 15.1. The zero-order valence-corrected chi connectivity index (χ0v) is 9.56. The van der Waals surface area contributed by atoms with Gasteiger partial charge in [-0.25, -0.2) is 0 Å². The highest BCUT2D eigenvalue weighted by Gasteiger charge is 2.18. The molecule has 0 saturated carbocycles. The van der Waals surface area contributed by atoms with Gasteiger partial charge in [0.2, 0.25) is 0 Å². The van der Waals surface area contributed by atoms with E-state index in [2.05, 4.69) is 27.8 Å². The van der Waals surface area contributed by atoms with Crippen LogP contribution in [0.5, 0.6) is 0 Å². The highest BCUT2D eigenvalue weighted by Crippen LogP contribution is 2.22. The van der Waals surface area contributed by atoms with Gasteiger partial charge < -0.3 is 10.6 Å². The predicted molar refractivity (Wildman–Crippen MR) is 60.8 cm³/mol. The molecule has 0 spiro atoms. The van der Waals surface area contributed by atoms with Crippen molar-refractivity contribution in [1.82, 2.24) is 20.8 Å². The van der Waals surface area contributed by atoms with Crippen LogP contribution in [0.2, 0.25) is 0 Å². The Morgan fingerprint density at radius 2 is 2.33 bits per heavy atom. The van der Waals surface area contributed by atoms with E-state index in [1.165, 1.54) is 36.2 Å². The van der Waals surface area contributed by atoms with Crippen LogP contribution in [0.25, 0.3) is 0 Å². The van der Waals surface area contributed by atoms with E-state index < -0.39 is 0 Å². The van der Waals surface area contributed by atoms with Crippen molar-refractivity contribution in [1.29, 1.82) is 0 Å². The lowest BCUT2D eigenvalue weighted by Gasteiger charge is -2.12. The molecule has 1 atom stereocenters. The molecule has 0 radical (unpaired) electrons.